The molecule has 0 saturated heterocycles. The van der Waals surface area contributed by atoms with E-state index in [1.807, 2.05) is 32.1 Å². The van der Waals surface area contributed by atoms with Gasteiger partial charge in [0.2, 0.25) is 0 Å². The van der Waals surface area contributed by atoms with Gasteiger partial charge in [0.05, 0.1) is 11.1 Å². The third-order valence-corrected chi connectivity index (χ3v) is 6.30. The molecule has 0 radical (unpaired) electrons. The van der Waals surface area contributed by atoms with Crippen molar-refractivity contribution in [3.8, 4) is 0 Å². The van der Waals surface area contributed by atoms with Crippen LogP contribution in [0.4, 0.5) is 17.3 Å². The van der Waals surface area contributed by atoms with Crippen molar-refractivity contribution >= 4 is 45.8 Å². The maximum Gasteiger partial charge on any atom is 0.257 e. The number of aryl methyl sites for hydroxylation is 2. The second-order valence-electron chi connectivity index (χ2n) is 8.83. The smallest absolute Gasteiger partial charge is 0.257 e. The standard InChI is InChI=1S/C28H24N6O/c1-17-12-18(2)31-23(17)14-22-25-26(29-16-30-27(25)33-28(22)35)32-21-8-9-24-20(13-21)10-11-34(24)15-19-6-4-3-5-7-19/h3-14,16,31H,15H2,1-2H3,(H2,29,30,32,33,35)/b22-14-. The quantitative estimate of drug-likeness (QED) is 0.295. The maximum atomic E-state index is 12.8. The first-order valence-corrected chi connectivity index (χ1v) is 11.5. The van der Waals surface area contributed by atoms with Crippen LogP contribution in [-0.4, -0.2) is 25.4 Å². The highest BCUT2D eigenvalue weighted by molar-refractivity contribution is 6.35. The van der Waals surface area contributed by atoms with E-state index in [1.165, 1.54) is 11.9 Å². The normalized spacial score (nSPS) is 13.9. The number of nitrogens with zero attached hydrogens (tertiary/aromatic N) is 3. The Morgan fingerprint density at radius 2 is 1.89 bits per heavy atom. The zero-order chi connectivity index (χ0) is 23.9. The van der Waals surface area contributed by atoms with Crippen molar-refractivity contribution in [1.29, 1.82) is 0 Å². The van der Waals surface area contributed by atoms with Crippen molar-refractivity contribution in [3.05, 3.63) is 101 Å². The van der Waals surface area contributed by atoms with E-state index in [0.29, 0.717) is 22.8 Å². The molecule has 3 aromatic heterocycles. The van der Waals surface area contributed by atoms with Crippen molar-refractivity contribution in [2.45, 2.75) is 20.4 Å². The third-order valence-electron chi connectivity index (χ3n) is 6.30. The minimum Gasteiger partial charge on any atom is -0.359 e. The lowest BCUT2D eigenvalue weighted by atomic mass is 10.1. The number of H-pyrrole nitrogens is 1. The molecular formula is C28H24N6O. The summed E-state index contributed by atoms with van der Waals surface area (Å²) in [6, 6.07) is 20.8. The Hall–Kier alpha value is -4.65. The number of rotatable bonds is 5. The van der Waals surface area contributed by atoms with Gasteiger partial charge in [-0.25, -0.2) is 9.97 Å². The van der Waals surface area contributed by atoms with Gasteiger partial charge < -0.3 is 20.2 Å². The molecule has 0 bridgehead atoms. The first kappa shape index (κ1) is 20.9. The molecule has 2 aromatic carbocycles. The molecule has 6 rings (SSSR count). The SMILES string of the molecule is Cc1cc(C)c(/C=C2\C(=O)Nc3ncnc(Nc4ccc5c(ccn5Cc5ccccc5)c4)c32)[nH]1. The van der Waals surface area contributed by atoms with Gasteiger partial charge in [-0.2, -0.15) is 0 Å². The molecule has 0 unspecified atom stereocenters. The summed E-state index contributed by atoms with van der Waals surface area (Å²) in [7, 11) is 0. The topological polar surface area (TPSA) is 87.6 Å². The summed E-state index contributed by atoms with van der Waals surface area (Å²) >= 11 is 0. The van der Waals surface area contributed by atoms with Gasteiger partial charge in [0.15, 0.2) is 0 Å². The number of aromatic amines is 1. The number of hydrogen-bond acceptors (Lipinski definition) is 4. The number of amides is 1. The van der Waals surface area contributed by atoms with E-state index in [1.54, 1.807) is 0 Å². The van der Waals surface area contributed by atoms with Gasteiger partial charge in [-0.1, -0.05) is 30.3 Å². The van der Waals surface area contributed by atoms with Crippen LogP contribution < -0.4 is 10.6 Å². The summed E-state index contributed by atoms with van der Waals surface area (Å²) < 4.78 is 2.24. The lowest BCUT2D eigenvalue weighted by molar-refractivity contribution is -0.110. The molecule has 5 aromatic rings. The van der Waals surface area contributed by atoms with Crippen molar-refractivity contribution in [1.82, 2.24) is 19.5 Å². The van der Waals surface area contributed by atoms with Crippen LogP contribution in [-0.2, 0) is 11.3 Å². The van der Waals surface area contributed by atoms with E-state index in [0.717, 1.165) is 40.1 Å². The average molecular weight is 461 g/mol. The van der Waals surface area contributed by atoms with Crippen LogP contribution in [0.2, 0.25) is 0 Å². The summed E-state index contributed by atoms with van der Waals surface area (Å²) in [5, 5.41) is 7.39. The van der Waals surface area contributed by atoms with Gasteiger partial charge in [-0.15, -0.1) is 0 Å². The van der Waals surface area contributed by atoms with Crippen molar-refractivity contribution in [2.75, 3.05) is 10.6 Å². The Morgan fingerprint density at radius 1 is 1.03 bits per heavy atom. The fourth-order valence-corrected chi connectivity index (χ4v) is 4.63. The second-order valence-corrected chi connectivity index (χ2v) is 8.83. The fraction of sp³-hybridized carbons (Fsp3) is 0.107. The van der Waals surface area contributed by atoms with E-state index in [4.69, 9.17) is 0 Å². The number of anilines is 3. The number of hydrogen-bond donors (Lipinski definition) is 3. The van der Waals surface area contributed by atoms with E-state index in [2.05, 4.69) is 84.9 Å². The monoisotopic (exact) mass is 460 g/mol. The molecule has 0 atom stereocenters. The highest BCUT2D eigenvalue weighted by Gasteiger charge is 2.29. The number of carbonyl (C=O) groups excluding carboxylic acids is 1. The van der Waals surface area contributed by atoms with Crippen LogP contribution in [0.1, 0.15) is 28.1 Å². The molecule has 0 aliphatic carbocycles. The van der Waals surface area contributed by atoms with Crippen LogP contribution in [0.5, 0.6) is 0 Å². The maximum absolute atomic E-state index is 12.8. The van der Waals surface area contributed by atoms with Gasteiger partial charge in [0, 0.05) is 40.7 Å². The Labute approximate surface area is 202 Å². The number of carbonyl (C=O) groups is 1. The van der Waals surface area contributed by atoms with Crippen molar-refractivity contribution in [3.63, 3.8) is 0 Å². The van der Waals surface area contributed by atoms with E-state index in [9.17, 15) is 4.79 Å². The molecule has 172 valence electrons. The fourth-order valence-electron chi connectivity index (χ4n) is 4.63. The molecule has 0 spiro atoms. The molecule has 0 saturated carbocycles. The lowest BCUT2D eigenvalue weighted by Crippen LogP contribution is -2.04. The summed E-state index contributed by atoms with van der Waals surface area (Å²) in [6.07, 6.45) is 5.43. The Balaban J connectivity index is 1.33. The van der Waals surface area contributed by atoms with Crippen LogP contribution >= 0.6 is 0 Å². The molecule has 1 aliphatic heterocycles. The molecule has 1 aliphatic rings. The van der Waals surface area contributed by atoms with E-state index < -0.39 is 0 Å². The number of benzene rings is 2. The van der Waals surface area contributed by atoms with Crippen LogP contribution in [0, 0.1) is 13.8 Å². The zero-order valence-electron chi connectivity index (χ0n) is 19.5. The second kappa shape index (κ2) is 8.29. The minimum atomic E-state index is -0.191. The predicted molar refractivity (Wildman–Crippen MR) is 140 cm³/mol. The first-order valence-electron chi connectivity index (χ1n) is 11.5. The first-order chi connectivity index (χ1) is 17.0. The van der Waals surface area contributed by atoms with E-state index in [-0.39, 0.29) is 5.91 Å². The molecular weight excluding hydrogens is 436 g/mol. The molecule has 3 N–H and O–H groups in total. The molecule has 0 fully saturated rings. The average Bonchev–Trinajstić information content (AvgIpc) is 3.50. The number of fused-ring (bicyclic) bond motifs is 2. The van der Waals surface area contributed by atoms with Crippen molar-refractivity contribution < 1.29 is 4.79 Å². The van der Waals surface area contributed by atoms with Crippen LogP contribution in [0.3, 0.4) is 0 Å². The Bertz CT molecular complexity index is 1610. The molecule has 7 heteroatoms. The van der Waals surface area contributed by atoms with Gasteiger partial charge >= 0.3 is 0 Å². The van der Waals surface area contributed by atoms with Crippen LogP contribution in [0.15, 0.2) is 73.2 Å². The van der Waals surface area contributed by atoms with Crippen molar-refractivity contribution in [2.24, 2.45) is 0 Å². The van der Waals surface area contributed by atoms with Gasteiger partial charge in [-0.3, -0.25) is 4.79 Å². The van der Waals surface area contributed by atoms with Gasteiger partial charge in [0.1, 0.15) is 18.0 Å². The van der Waals surface area contributed by atoms with Crippen LogP contribution in [0.25, 0.3) is 22.6 Å². The van der Waals surface area contributed by atoms with Gasteiger partial charge in [-0.05, 0) is 61.4 Å². The molecule has 35 heavy (non-hydrogen) atoms. The minimum absolute atomic E-state index is 0.191. The summed E-state index contributed by atoms with van der Waals surface area (Å²) in [5.74, 6) is 0.905. The molecule has 4 heterocycles. The molecule has 1 amide bonds. The summed E-state index contributed by atoms with van der Waals surface area (Å²) in [4.78, 5) is 24.9. The summed E-state index contributed by atoms with van der Waals surface area (Å²) in [5.41, 5.74) is 7.53. The molecule has 7 nitrogen and oxygen atoms in total. The number of nitrogens with one attached hydrogen (secondary N) is 3. The third kappa shape index (κ3) is 3.87. The Morgan fingerprint density at radius 3 is 2.69 bits per heavy atom. The number of aromatic nitrogens is 4. The summed E-state index contributed by atoms with van der Waals surface area (Å²) in [6.45, 7) is 4.83. The highest BCUT2D eigenvalue weighted by Crippen LogP contribution is 2.37. The highest BCUT2D eigenvalue weighted by atomic mass is 16.2. The largest absolute Gasteiger partial charge is 0.359 e. The van der Waals surface area contributed by atoms with E-state index >= 15 is 0 Å². The predicted octanol–water partition coefficient (Wildman–Crippen LogP) is 5.66. The lowest BCUT2D eigenvalue weighted by Gasteiger charge is -2.11. The zero-order valence-corrected chi connectivity index (χ0v) is 19.5. The van der Waals surface area contributed by atoms with Gasteiger partial charge in [0.25, 0.3) is 5.91 Å². The Kier molecular flexibility index (Phi) is 4.95.